The monoisotopic (exact) mass is 565 g/mol. The third-order valence-corrected chi connectivity index (χ3v) is 8.76. The molecule has 5 aromatic rings. The van der Waals surface area contributed by atoms with Gasteiger partial charge in [0.15, 0.2) is 0 Å². The summed E-state index contributed by atoms with van der Waals surface area (Å²) in [6, 6.07) is 19.9. The van der Waals surface area contributed by atoms with E-state index in [1.165, 1.54) is 30.3 Å². The minimum Gasteiger partial charge on any atom is -0.351 e. The number of nitrogens with zero attached hydrogens (tertiary/aromatic N) is 2. The molecule has 40 heavy (non-hydrogen) atoms. The van der Waals surface area contributed by atoms with E-state index in [2.05, 4.69) is 9.71 Å². The van der Waals surface area contributed by atoms with Gasteiger partial charge in [0.25, 0.3) is 10.0 Å². The first-order valence-electron chi connectivity index (χ1n) is 12.5. The molecule has 0 unspecified atom stereocenters. The van der Waals surface area contributed by atoms with Crippen molar-refractivity contribution < 1.29 is 26.0 Å². The average Bonchev–Trinajstić information content (AvgIpc) is 3.50. The van der Waals surface area contributed by atoms with Crippen molar-refractivity contribution in [3.8, 4) is 11.1 Å². The number of aryl methyl sites for hydroxylation is 2. The highest BCUT2D eigenvalue weighted by Crippen LogP contribution is 2.45. The Morgan fingerprint density at radius 1 is 0.950 bits per heavy atom. The van der Waals surface area contributed by atoms with Gasteiger partial charge in [-0.3, -0.25) is 4.72 Å². The number of alkyl halides is 3. The Morgan fingerprint density at radius 3 is 2.52 bits per heavy atom. The number of aromatic nitrogens is 2. The van der Waals surface area contributed by atoms with Gasteiger partial charge >= 0.3 is 6.18 Å². The van der Waals surface area contributed by atoms with Gasteiger partial charge in [0.05, 0.1) is 10.5 Å². The molecule has 0 radical (unpaired) electrons. The summed E-state index contributed by atoms with van der Waals surface area (Å²) in [6.45, 7) is 0. The average molecular weight is 566 g/mol. The molecule has 2 aromatic heterocycles. The second-order valence-electron chi connectivity index (χ2n) is 9.90. The third-order valence-electron chi connectivity index (χ3n) is 7.41. The Kier molecular flexibility index (Phi) is 6.18. The number of anilines is 1. The lowest BCUT2D eigenvalue weighted by Gasteiger charge is -2.20. The van der Waals surface area contributed by atoms with E-state index in [-0.39, 0.29) is 16.6 Å². The number of hydrogen-bond acceptors (Lipinski definition) is 3. The van der Waals surface area contributed by atoms with Gasteiger partial charge in [0, 0.05) is 30.1 Å². The van der Waals surface area contributed by atoms with E-state index in [0.717, 1.165) is 39.7 Å². The zero-order valence-corrected chi connectivity index (χ0v) is 22.0. The Bertz CT molecular complexity index is 1880. The molecule has 1 N–H and O–H groups in total. The first kappa shape index (κ1) is 26.1. The number of benzene rings is 3. The van der Waals surface area contributed by atoms with Crippen LogP contribution in [0.25, 0.3) is 22.0 Å². The highest BCUT2D eigenvalue weighted by molar-refractivity contribution is 7.92. The summed E-state index contributed by atoms with van der Waals surface area (Å²) in [7, 11) is -2.12. The molecule has 0 saturated carbocycles. The lowest BCUT2D eigenvalue weighted by molar-refractivity contribution is -0.137. The molecule has 1 aliphatic rings. The largest absolute Gasteiger partial charge is 0.416 e. The molecule has 5 nitrogen and oxygen atoms in total. The number of sulfonamides is 1. The molecule has 204 valence electrons. The topological polar surface area (TPSA) is 64.0 Å². The van der Waals surface area contributed by atoms with Crippen LogP contribution in [0.3, 0.4) is 0 Å². The van der Waals surface area contributed by atoms with Gasteiger partial charge in [-0.05, 0) is 95.3 Å². The van der Waals surface area contributed by atoms with Crippen LogP contribution in [0.5, 0.6) is 0 Å². The van der Waals surface area contributed by atoms with Crippen molar-refractivity contribution >= 4 is 26.7 Å². The fraction of sp³-hybridized carbons (Fsp3) is 0.167. The summed E-state index contributed by atoms with van der Waals surface area (Å²) in [5.41, 5.74) is 3.83. The minimum atomic E-state index is -4.50. The molecule has 1 aliphatic carbocycles. The Hall–Kier alpha value is -4.18. The number of halogens is 4. The first-order valence-corrected chi connectivity index (χ1v) is 14.0. The molecule has 1 atom stereocenters. The number of fused-ring (bicyclic) bond motifs is 2. The Balaban J connectivity index is 1.40. The van der Waals surface area contributed by atoms with Crippen molar-refractivity contribution in [1.82, 2.24) is 9.55 Å². The van der Waals surface area contributed by atoms with Crippen LogP contribution in [0.4, 0.5) is 23.4 Å². The molecular formula is C30H23F4N3O2S. The van der Waals surface area contributed by atoms with Crippen LogP contribution in [0.1, 0.15) is 34.6 Å². The van der Waals surface area contributed by atoms with Gasteiger partial charge < -0.3 is 4.57 Å². The lowest BCUT2D eigenvalue weighted by Crippen LogP contribution is -2.14. The number of rotatable bonds is 5. The lowest BCUT2D eigenvalue weighted by atomic mass is 9.85. The second-order valence-corrected chi connectivity index (χ2v) is 11.6. The number of pyridine rings is 1. The van der Waals surface area contributed by atoms with E-state index in [4.69, 9.17) is 0 Å². The summed E-state index contributed by atoms with van der Waals surface area (Å²) in [5.74, 6) is -1.16. The van der Waals surface area contributed by atoms with E-state index in [1.54, 1.807) is 12.1 Å². The van der Waals surface area contributed by atoms with E-state index in [0.29, 0.717) is 24.0 Å². The van der Waals surface area contributed by atoms with Crippen molar-refractivity contribution in [2.24, 2.45) is 7.05 Å². The molecule has 0 bridgehead atoms. The molecule has 3 aromatic carbocycles. The van der Waals surface area contributed by atoms with Gasteiger partial charge in [-0.15, -0.1) is 0 Å². The maximum atomic E-state index is 13.7. The van der Waals surface area contributed by atoms with E-state index < -0.39 is 27.7 Å². The summed E-state index contributed by atoms with van der Waals surface area (Å²) >= 11 is 0. The summed E-state index contributed by atoms with van der Waals surface area (Å²) in [4.78, 5) is 3.55. The van der Waals surface area contributed by atoms with Crippen LogP contribution in [0, 0.1) is 5.95 Å². The van der Waals surface area contributed by atoms with Crippen LogP contribution >= 0.6 is 0 Å². The highest BCUT2D eigenvalue weighted by atomic mass is 32.2. The highest BCUT2D eigenvalue weighted by Gasteiger charge is 2.33. The van der Waals surface area contributed by atoms with Crippen LogP contribution in [-0.2, 0) is 29.7 Å². The summed E-state index contributed by atoms with van der Waals surface area (Å²) in [6.07, 6.45) is -1.42. The molecule has 0 amide bonds. The number of hydrogen-bond donors (Lipinski definition) is 1. The van der Waals surface area contributed by atoms with Crippen LogP contribution in [0.2, 0.25) is 0 Å². The zero-order chi connectivity index (χ0) is 28.2. The third kappa shape index (κ3) is 4.72. The van der Waals surface area contributed by atoms with Crippen molar-refractivity contribution in [3.63, 3.8) is 0 Å². The van der Waals surface area contributed by atoms with Crippen molar-refractivity contribution in [2.75, 3.05) is 4.72 Å². The maximum Gasteiger partial charge on any atom is 0.416 e. The van der Waals surface area contributed by atoms with Crippen molar-refractivity contribution in [3.05, 3.63) is 113 Å². The first-order chi connectivity index (χ1) is 19.0. The Morgan fingerprint density at radius 2 is 1.75 bits per heavy atom. The van der Waals surface area contributed by atoms with Gasteiger partial charge in [-0.2, -0.15) is 17.6 Å². The second kappa shape index (κ2) is 9.48. The van der Waals surface area contributed by atoms with Crippen molar-refractivity contribution in [2.45, 2.75) is 29.8 Å². The molecule has 0 saturated heterocycles. The van der Waals surface area contributed by atoms with Gasteiger partial charge in [-0.25, -0.2) is 13.4 Å². The molecule has 6 rings (SSSR count). The van der Waals surface area contributed by atoms with E-state index >= 15 is 0 Å². The van der Waals surface area contributed by atoms with Crippen LogP contribution < -0.4 is 4.72 Å². The minimum absolute atomic E-state index is 0.000123. The predicted molar refractivity (Wildman–Crippen MR) is 145 cm³/mol. The molecule has 2 heterocycles. The predicted octanol–water partition coefficient (Wildman–Crippen LogP) is 7.28. The fourth-order valence-electron chi connectivity index (χ4n) is 5.48. The SMILES string of the molecule is Cn1ccc2cc(-c3cc(C(F)(F)F)ccc3[C@H]3CCc4cc(S(=O)(=O)Nc5cccc(F)n5)ccc43)ccc21. The molecule has 0 aliphatic heterocycles. The standard InChI is InChI=1S/C30H23F4N3O2S/c1-37-14-13-20-15-18(6-12-27(20)37)26-17-21(30(32,33)34)7-10-25(26)24-9-5-19-16-22(8-11-23(19)24)40(38,39)36-29-4-2-3-28(31)35-29/h2-4,6-8,10-17,24H,5,9H2,1H3,(H,35,36)/t24-/m0/s1. The number of nitrogens with one attached hydrogen (secondary N) is 1. The van der Waals surface area contributed by atoms with Gasteiger partial charge in [-0.1, -0.05) is 24.3 Å². The quantitative estimate of drug-likeness (QED) is 0.180. The van der Waals surface area contributed by atoms with Crippen LogP contribution in [-0.4, -0.2) is 18.0 Å². The molecule has 0 spiro atoms. The summed E-state index contributed by atoms with van der Waals surface area (Å²) in [5, 5.41) is 0.922. The van der Waals surface area contributed by atoms with Gasteiger partial charge in [0.2, 0.25) is 5.95 Å². The fourth-order valence-corrected chi connectivity index (χ4v) is 6.53. The molecule has 10 heteroatoms. The van der Waals surface area contributed by atoms with Crippen LogP contribution in [0.15, 0.2) is 90.0 Å². The maximum absolute atomic E-state index is 13.7. The van der Waals surface area contributed by atoms with Gasteiger partial charge in [0.1, 0.15) is 5.82 Å². The van der Waals surface area contributed by atoms with Crippen molar-refractivity contribution in [1.29, 1.82) is 0 Å². The smallest absolute Gasteiger partial charge is 0.351 e. The summed E-state index contributed by atoms with van der Waals surface area (Å²) < 4.78 is 84.8. The zero-order valence-electron chi connectivity index (χ0n) is 21.2. The van der Waals surface area contributed by atoms with E-state index in [1.807, 2.05) is 42.1 Å². The molecular weight excluding hydrogens is 542 g/mol. The Labute approximate surface area is 228 Å². The normalized spacial score (nSPS) is 15.4. The molecule has 0 fully saturated rings. The van der Waals surface area contributed by atoms with E-state index in [9.17, 15) is 26.0 Å².